The van der Waals surface area contributed by atoms with E-state index in [-0.39, 0.29) is 17.7 Å². The van der Waals surface area contributed by atoms with E-state index in [1.54, 1.807) is 0 Å². The van der Waals surface area contributed by atoms with Gasteiger partial charge in [0.15, 0.2) is 0 Å². The molecule has 0 unspecified atom stereocenters. The summed E-state index contributed by atoms with van der Waals surface area (Å²) in [5, 5.41) is 0. The van der Waals surface area contributed by atoms with Crippen LogP contribution >= 0.6 is 0 Å². The first-order valence-electron chi connectivity index (χ1n) is 9.80. The van der Waals surface area contributed by atoms with Gasteiger partial charge < -0.3 is 9.80 Å². The molecule has 0 N–H and O–H groups in total. The smallest absolute Gasteiger partial charge is 0.253 e. The van der Waals surface area contributed by atoms with E-state index in [9.17, 15) is 9.59 Å². The predicted octanol–water partition coefficient (Wildman–Crippen LogP) is 3.74. The zero-order valence-corrected chi connectivity index (χ0v) is 16.1. The van der Waals surface area contributed by atoms with Gasteiger partial charge in [0.05, 0.1) is 5.92 Å². The number of piperidine rings is 1. The summed E-state index contributed by atoms with van der Waals surface area (Å²) in [5.74, 6) is 0.0961. The Bertz CT molecular complexity index is 869. The molecule has 4 nitrogen and oxygen atoms in total. The van der Waals surface area contributed by atoms with E-state index in [2.05, 4.69) is 12.1 Å². The van der Waals surface area contributed by atoms with Crippen LogP contribution in [0.2, 0.25) is 0 Å². The fourth-order valence-corrected chi connectivity index (χ4v) is 4.43. The number of fused-ring (bicyclic) bond motifs is 1. The van der Waals surface area contributed by atoms with Crippen LogP contribution in [-0.4, -0.2) is 36.3 Å². The van der Waals surface area contributed by atoms with Crippen molar-refractivity contribution in [1.82, 2.24) is 4.90 Å². The predicted molar refractivity (Wildman–Crippen MR) is 107 cm³/mol. The van der Waals surface area contributed by atoms with Crippen molar-refractivity contribution in [1.29, 1.82) is 0 Å². The van der Waals surface area contributed by atoms with Crippen LogP contribution in [0, 0.1) is 19.8 Å². The number of nitrogens with zero attached hydrogens (tertiary/aromatic N) is 2. The second kappa shape index (κ2) is 7.18. The number of carbonyl (C=O) groups excluding carboxylic acids is 2. The third-order valence-electron chi connectivity index (χ3n) is 5.68. The van der Waals surface area contributed by atoms with Gasteiger partial charge in [0.25, 0.3) is 5.91 Å². The van der Waals surface area contributed by atoms with E-state index >= 15 is 0 Å². The highest BCUT2D eigenvalue weighted by Crippen LogP contribution is 2.31. The Morgan fingerprint density at radius 2 is 1.74 bits per heavy atom. The lowest BCUT2D eigenvalue weighted by Crippen LogP contribution is -2.46. The van der Waals surface area contributed by atoms with Crippen molar-refractivity contribution in [2.45, 2.75) is 33.1 Å². The maximum atomic E-state index is 13.2. The summed E-state index contributed by atoms with van der Waals surface area (Å²) in [5.41, 5.74) is 5.20. The first-order valence-corrected chi connectivity index (χ1v) is 9.80. The summed E-state index contributed by atoms with van der Waals surface area (Å²) >= 11 is 0. The van der Waals surface area contributed by atoms with Crippen molar-refractivity contribution in [3.8, 4) is 0 Å². The van der Waals surface area contributed by atoms with Crippen LogP contribution in [0.1, 0.15) is 39.9 Å². The van der Waals surface area contributed by atoms with Gasteiger partial charge in [-0.2, -0.15) is 0 Å². The largest absolute Gasteiger partial charge is 0.338 e. The van der Waals surface area contributed by atoms with Crippen molar-refractivity contribution in [3.63, 3.8) is 0 Å². The van der Waals surface area contributed by atoms with Crippen molar-refractivity contribution < 1.29 is 9.59 Å². The molecule has 2 aliphatic rings. The van der Waals surface area contributed by atoms with Crippen molar-refractivity contribution >= 4 is 17.5 Å². The summed E-state index contributed by atoms with van der Waals surface area (Å²) in [7, 11) is 0. The highest BCUT2D eigenvalue weighted by Gasteiger charge is 2.34. The van der Waals surface area contributed by atoms with E-state index in [0.717, 1.165) is 54.7 Å². The molecule has 2 amide bonds. The Kier molecular flexibility index (Phi) is 4.73. The average Bonchev–Trinajstić information content (AvgIpc) is 3.10. The van der Waals surface area contributed by atoms with Gasteiger partial charge in [0.1, 0.15) is 0 Å². The van der Waals surface area contributed by atoms with Crippen LogP contribution in [0.5, 0.6) is 0 Å². The Morgan fingerprint density at radius 1 is 1.00 bits per heavy atom. The summed E-state index contributed by atoms with van der Waals surface area (Å²) < 4.78 is 0. The highest BCUT2D eigenvalue weighted by atomic mass is 16.2. The van der Waals surface area contributed by atoms with Gasteiger partial charge in [-0.1, -0.05) is 35.4 Å². The quantitative estimate of drug-likeness (QED) is 0.816. The van der Waals surface area contributed by atoms with Crippen molar-refractivity contribution in [2.75, 3.05) is 24.5 Å². The molecule has 2 heterocycles. The maximum absolute atomic E-state index is 13.2. The van der Waals surface area contributed by atoms with Gasteiger partial charge in [0.2, 0.25) is 5.91 Å². The average molecular weight is 362 g/mol. The first-order chi connectivity index (χ1) is 13.0. The number of para-hydroxylation sites is 1. The van der Waals surface area contributed by atoms with Gasteiger partial charge in [0, 0.05) is 30.9 Å². The number of hydrogen-bond acceptors (Lipinski definition) is 2. The van der Waals surface area contributed by atoms with Crippen molar-refractivity contribution in [2.24, 2.45) is 5.92 Å². The van der Waals surface area contributed by atoms with E-state index in [4.69, 9.17) is 0 Å². The number of rotatable bonds is 2. The van der Waals surface area contributed by atoms with Crippen LogP contribution < -0.4 is 4.90 Å². The van der Waals surface area contributed by atoms with Gasteiger partial charge >= 0.3 is 0 Å². The molecule has 0 aromatic heterocycles. The lowest BCUT2D eigenvalue weighted by molar-refractivity contribution is -0.123. The zero-order chi connectivity index (χ0) is 19.0. The van der Waals surface area contributed by atoms with Gasteiger partial charge in [-0.3, -0.25) is 9.59 Å². The molecule has 0 saturated carbocycles. The van der Waals surface area contributed by atoms with Crippen LogP contribution in [-0.2, 0) is 11.2 Å². The molecule has 1 atom stereocenters. The van der Waals surface area contributed by atoms with E-state index in [1.165, 1.54) is 5.56 Å². The SMILES string of the molecule is Cc1cc(C)cc(C(=O)N2CCC[C@H](C(=O)N3CCc4ccccc43)C2)c1. The minimum Gasteiger partial charge on any atom is -0.338 e. The molecule has 4 rings (SSSR count). The minimum atomic E-state index is -0.111. The molecular formula is C23H26N2O2. The Morgan fingerprint density at radius 3 is 2.52 bits per heavy atom. The van der Waals surface area contributed by atoms with Crippen LogP contribution in [0.25, 0.3) is 0 Å². The van der Waals surface area contributed by atoms with E-state index in [1.807, 2.05) is 54.0 Å². The number of likely N-dealkylation sites (tertiary alicyclic amines) is 1. The standard InChI is InChI=1S/C23H26N2O2/c1-16-12-17(2)14-20(13-16)22(26)24-10-5-7-19(15-24)23(27)25-11-9-18-6-3-4-8-21(18)25/h3-4,6,8,12-14,19H,5,7,9-11,15H2,1-2H3/t19-/m0/s1. The minimum absolute atomic E-state index is 0.0427. The number of anilines is 1. The van der Waals surface area contributed by atoms with Gasteiger partial charge in [-0.15, -0.1) is 0 Å². The second-order valence-electron chi connectivity index (χ2n) is 7.84. The lowest BCUT2D eigenvalue weighted by atomic mass is 9.95. The fraction of sp³-hybridized carbons (Fsp3) is 0.391. The van der Waals surface area contributed by atoms with Gasteiger partial charge in [-0.05, 0) is 56.9 Å². The van der Waals surface area contributed by atoms with Crippen LogP contribution in [0.4, 0.5) is 5.69 Å². The van der Waals surface area contributed by atoms with E-state index in [0.29, 0.717) is 6.54 Å². The molecule has 0 spiro atoms. The molecule has 140 valence electrons. The summed E-state index contributed by atoms with van der Waals surface area (Å²) in [6.45, 7) is 6.02. The topological polar surface area (TPSA) is 40.6 Å². The summed E-state index contributed by atoms with van der Waals surface area (Å²) in [4.78, 5) is 29.9. The molecule has 2 aromatic rings. The molecule has 0 bridgehead atoms. The van der Waals surface area contributed by atoms with E-state index < -0.39 is 0 Å². The molecule has 1 saturated heterocycles. The maximum Gasteiger partial charge on any atom is 0.253 e. The molecule has 0 aliphatic carbocycles. The number of hydrogen-bond donors (Lipinski definition) is 0. The number of benzene rings is 2. The van der Waals surface area contributed by atoms with Crippen LogP contribution in [0.3, 0.4) is 0 Å². The fourth-order valence-electron chi connectivity index (χ4n) is 4.43. The molecule has 2 aromatic carbocycles. The molecule has 4 heteroatoms. The monoisotopic (exact) mass is 362 g/mol. The summed E-state index contributed by atoms with van der Waals surface area (Å²) in [6.07, 6.45) is 2.65. The molecule has 27 heavy (non-hydrogen) atoms. The Hall–Kier alpha value is -2.62. The third kappa shape index (κ3) is 3.48. The molecule has 1 fully saturated rings. The first kappa shape index (κ1) is 17.8. The lowest BCUT2D eigenvalue weighted by Gasteiger charge is -2.34. The molecule has 2 aliphatic heterocycles. The van der Waals surface area contributed by atoms with Crippen LogP contribution in [0.15, 0.2) is 42.5 Å². The third-order valence-corrected chi connectivity index (χ3v) is 5.68. The highest BCUT2D eigenvalue weighted by molar-refractivity contribution is 5.98. The Labute approximate surface area is 160 Å². The zero-order valence-electron chi connectivity index (χ0n) is 16.1. The second-order valence-corrected chi connectivity index (χ2v) is 7.84. The molecule has 0 radical (unpaired) electrons. The van der Waals surface area contributed by atoms with Gasteiger partial charge in [-0.25, -0.2) is 0 Å². The number of carbonyl (C=O) groups is 2. The molecular weight excluding hydrogens is 336 g/mol. The normalized spacial score (nSPS) is 19.1. The number of aryl methyl sites for hydroxylation is 2. The Balaban J connectivity index is 1.50. The number of amides is 2. The summed E-state index contributed by atoms with van der Waals surface area (Å²) in [6, 6.07) is 14.1. The van der Waals surface area contributed by atoms with Crippen molar-refractivity contribution in [3.05, 3.63) is 64.7 Å².